The number of amides is 2. The Morgan fingerprint density at radius 2 is 1.68 bits per heavy atom. The van der Waals surface area contributed by atoms with Crippen LogP contribution in [0.1, 0.15) is 34.3 Å². The molecule has 0 spiro atoms. The maximum atomic E-state index is 13.7. The molecule has 2 amide bonds. The fraction of sp³-hybridized carbons (Fsp3) is 0.370. The lowest BCUT2D eigenvalue weighted by Gasteiger charge is -2.35. The molecule has 34 heavy (non-hydrogen) atoms. The lowest BCUT2D eigenvalue weighted by atomic mass is 10.0. The molecule has 2 saturated heterocycles. The molecule has 3 aromatic rings. The predicted molar refractivity (Wildman–Crippen MR) is 130 cm³/mol. The van der Waals surface area contributed by atoms with E-state index in [1.165, 1.54) is 5.56 Å². The van der Waals surface area contributed by atoms with Gasteiger partial charge < -0.3 is 14.5 Å². The lowest BCUT2D eigenvalue weighted by Crippen LogP contribution is -2.52. The maximum absolute atomic E-state index is 13.7. The number of nitrogens with zero attached hydrogens (tertiary/aromatic N) is 4. The number of piperazine rings is 1. The van der Waals surface area contributed by atoms with Gasteiger partial charge in [-0.1, -0.05) is 30.3 Å². The minimum absolute atomic E-state index is 0.0531. The van der Waals surface area contributed by atoms with Gasteiger partial charge >= 0.3 is 0 Å². The van der Waals surface area contributed by atoms with Crippen LogP contribution >= 0.6 is 0 Å². The molecule has 7 heteroatoms. The van der Waals surface area contributed by atoms with E-state index in [1.807, 2.05) is 52.4 Å². The Balaban J connectivity index is 1.40. The first-order valence-corrected chi connectivity index (χ1v) is 11.9. The zero-order valence-corrected chi connectivity index (χ0v) is 19.7. The predicted octanol–water partition coefficient (Wildman–Crippen LogP) is 3.62. The summed E-state index contributed by atoms with van der Waals surface area (Å²) < 4.78 is 7.33. The smallest absolute Gasteiger partial charge is 0.257 e. The van der Waals surface area contributed by atoms with Crippen LogP contribution in [0.15, 0.2) is 54.7 Å². The lowest BCUT2D eigenvalue weighted by molar-refractivity contribution is -0.142. The van der Waals surface area contributed by atoms with Crippen molar-refractivity contribution < 1.29 is 14.3 Å². The Bertz CT molecular complexity index is 1190. The van der Waals surface area contributed by atoms with Gasteiger partial charge in [-0.3, -0.25) is 9.59 Å². The summed E-state index contributed by atoms with van der Waals surface area (Å²) >= 11 is 0. The van der Waals surface area contributed by atoms with Crippen LogP contribution in [0.25, 0.3) is 16.9 Å². The topological polar surface area (TPSA) is 67.7 Å². The first-order chi connectivity index (χ1) is 16.5. The van der Waals surface area contributed by atoms with E-state index in [0.29, 0.717) is 44.0 Å². The first-order valence-electron chi connectivity index (χ1n) is 11.9. The highest BCUT2D eigenvalue weighted by atomic mass is 16.5. The van der Waals surface area contributed by atoms with Crippen LogP contribution in [-0.2, 0) is 9.53 Å². The van der Waals surface area contributed by atoms with E-state index >= 15 is 0 Å². The third-order valence-electron chi connectivity index (χ3n) is 6.83. The number of para-hydroxylation sites is 1. The number of benzene rings is 2. The second-order valence-corrected chi connectivity index (χ2v) is 9.09. The average Bonchev–Trinajstić information content (AvgIpc) is 3.56. The molecule has 2 aromatic carbocycles. The van der Waals surface area contributed by atoms with Gasteiger partial charge in [0.1, 0.15) is 11.8 Å². The standard InChI is InChI=1S/C27H30N4O3/c1-19-10-11-21(17-20(19)2)25-23(18-31(28-25)22-7-4-3-5-8-22)26(32)29-12-14-30(15-13-29)27(33)24-9-6-16-34-24/h3-5,7-8,10-11,17-18,24H,6,9,12-16H2,1-2H3. The SMILES string of the molecule is Cc1ccc(-c2nn(-c3ccccc3)cc2C(=O)N2CCN(C(=O)C3CCCO3)CC2)cc1C. The number of ether oxygens (including phenoxy) is 1. The molecule has 176 valence electrons. The van der Waals surface area contributed by atoms with Gasteiger partial charge in [0.15, 0.2) is 0 Å². The molecule has 3 heterocycles. The van der Waals surface area contributed by atoms with E-state index in [1.54, 1.807) is 4.68 Å². The summed E-state index contributed by atoms with van der Waals surface area (Å²) in [5.41, 5.74) is 5.44. The number of hydrogen-bond acceptors (Lipinski definition) is 4. The zero-order chi connectivity index (χ0) is 23.7. The highest BCUT2D eigenvalue weighted by molar-refractivity contribution is 6.00. The molecule has 0 radical (unpaired) electrons. The van der Waals surface area contributed by atoms with Gasteiger partial charge in [0.25, 0.3) is 11.8 Å². The van der Waals surface area contributed by atoms with E-state index < -0.39 is 0 Å². The Morgan fingerprint density at radius 1 is 0.941 bits per heavy atom. The number of carbonyl (C=O) groups excluding carboxylic acids is 2. The van der Waals surface area contributed by atoms with Crippen molar-refractivity contribution in [3.05, 3.63) is 71.4 Å². The molecular formula is C27H30N4O3. The number of aromatic nitrogens is 2. The van der Waals surface area contributed by atoms with Crippen LogP contribution in [0.5, 0.6) is 0 Å². The molecule has 1 unspecified atom stereocenters. The molecule has 0 aliphatic carbocycles. The highest BCUT2D eigenvalue weighted by Gasteiger charge is 2.32. The minimum atomic E-state index is -0.317. The third-order valence-corrected chi connectivity index (χ3v) is 6.83. The van der Waals surface area contributed by atoms with Crippen LogP contribution in [0.4, 0.5) is 0 Å². The summed E-state index contributed by atoms with van der Waals surface area (Å²) in [4.78, 5) is 30.0. The van der Waals surface area contributed by atoms with Crippen molar-refractivity contribution >= 4 is 11.8 Å². The van der Waals surface area contributed by atoms with Crippen molar-refractivity contribution in [3.63, 3.8) is 0 Å². The van der Waals surface area contributed by atoms with Crippen LogP contribution in [0, 0.1) is 13.8 Å². The van der Waals surface area contributed by atoms with Crippen LogP contribution in [-0.4, -0.2) is 70.3 Å². The number of carbonyl (C=O) groups is 2. The number of hydrogen-bond donors (Lipinski definition) is 0. The van der Waals surface area contributed by atoms with Gasteiger partial charge in [-0.25, -0.2) is 4.68 Å². The largest absolute Gasteiger partial charge is 0.368 e. The van der Waals surface area contributed by atoms with E-state index in [9.17, 15) is 9.59 Å². The van der Waals surface area contributed by atoms with Crippen molar-refractivity contribution in [2.24, 2.45) is 0 Å². The van der Waals surface area contributed by atoms with Crippen molar-refractivity contribution in [1.29, 1.82) is 0 Å². The Morgan fingerprint density at radius 3 is 2.35 bits per heavy atom. The Kier molecular flexibility index (Phi) is 6.20. The molecule has 0 N–H and O–H groups in total. The van der Waals surface area contributed by atoms with Crippen molar-refractivity contribution in [3.8, 4) is 16.9 Å². The zero-order valence-electron chi connectivity index (χ0n) is 19.7. The van der Waals surface area contributed by atoms with Gasteiger partial charge in [0, 0.05) is 44.5 Å². The van der Waals surface area contributed by atoms with E-state index in [4.69, 9.17) is 9.84 Å². The second-order valence-electron chi connectivity index (χ2n) is 9.09. The molecule has 1 atom stereocenters. The monoisotopic (exact) mass is 458 g/mol. The fourth-order valence-electron chi connectivity index (χ4n) is 4.62. The second kappa shape index (κ2) is 9.43. The minimum Gasteiger partial charge on any atom is -0.368 e. The van der Waals surface area contributed by atoms with Crippen molar-refractivity contribution in [1.82, 2.24) is 19.6 Å². The maximum Gasteiger partial charge on any atom is 0.257 e. The number of rotatable bonds is 4. The molecular weight excluding hydrogens is 428 g/mol. The molecule has 1 aromatic heterocycles. The van der Waals surface area contributed by atoms with Crippen molar-refractivity contribution in [2.75, 3.05) is 32.8 Å². The Hall–Kier alpha value is -3.45. The summed E-state index contributed by atoms with van der Waals surface area (Å²) in [6, 6.07) is 16.0. The summed E-state index contributed by atoms with van der Waals surface area (Å²) in [7, 11) is 0. The van der Waals surface area contributed by atoms with Gasteiger partial charge in [-0.15, -0.1) is 0 Å². The summed E-state index contributed by atoms with van der Waals surface area (Å²) in [6.45, 7) is 6.85. The van der Waals surface area contributed by atoms with E-state index in [0.717, 1.165) is 29.7 Å². The quantitative estimate of drug-likeness (QED) is 0.599. The summed E-state index contributed by atoms with van der Waals surface area (Å²) in [6.07, 6.45) is 3.23. The molecule has 7 nitrogen and oxygen atoms in total. The van der Waals surface area contributed by atoms with Gasteiger partial charge in [0.05, 0.1) is 11.3 Å². The van der Waals surface area contributed by atoms with Crippen LogP contribution < -0.4 is 0 Å². The van der Waals surface area contributed by atoms with Gasteiger partial charge in [-0.2, -0.15) is 5.10 Å². The summed E-state index contributed by atoms with van der Waals surface area (Å²) in [5.74, 6) is -0.00283. The van der Waals surface area contributed by atoms with Crippen molar-refractivity contribution in [2.45, 2.75) is 32.8 Å². The molecule has 0 saturated carbocycles. The summed E-state index contributed by atoms with van der Waals surface area (Å²) in [5, 5.41) is 4.82. The molecule has 2 aliphatic heterocycles. The van der Waals surface area contributed by atoms with Gasteiger partial charge in [-0.05, 0) is 56.0 Å². The van der Waals surface area contributed by atoms with E-state index in [-0.39, 0.29) is 17.9 Å². The normalized spacial score (nSPS) is 18.4. The highest BCUT2D eigenvalue weighted by Crippen LogP contribution is 2.27. The van der Waals surface area contributed by atoms with E-state index in [2.05, 4.69) is 26.0 Å². The average molecular weight is 459 g/mol. The molecule has 5 rings (SSSR count). The Labute approximate surface area is 199 Å². The van der Waals surface area contributed by atoms with Crippen LogP contribution in [0.2, 0.25) is 0 Å². The molecule has 2 aliphatic rings. The first kappa shape index (κ1) is 22.3. The van der Waals surface area contributed by atoms with Gasteiger partial charge in [0.2, 0.25) is 0 Å². The number of aryl methyl sites for hydroxylation is 2. The molecule has 0 bridgehead atoms. The molecule has 2 fully saturated rings. The van der Waals surface area contributed by atoms with Crippen LogP contribution in [0.3, 0.4) is 0 Å². The third kappa shape index (κ3) is 4.35. The fourth-order valence-corrected chi connectivity index (χ4v) is 4.62.